The van der Waals surface area contributed by atoms with E-state index in [0.717, 1.165) is 18.5 Å². The number of halogens is 1. The number of hydrogen-bond acceptors (Lipinski definition) is 5. The number of nitrogens with zero attached hydrogens (tertiary/aromatic N) is 3. The maximum Gasteiger partial charge on any atom is 0.293 e. The second-order valence-electron chi connectivity index (χ2n) is 7.34. The first-order valence-corrected chi connectivity index (χ1v) is 10.2. The van der Waals surface area contributed by atoms with Crippen molar-refractivity contribution in [1.29, 1.82) is 0 Å². The van der Waals surface area contributed by atoms with Crippen LogP contribution in [-0.2, 0) is 0 Å². The minimum Gasteiger partial charge on any atom is -0.408 e. The van der Waals surface area contributed by atoms with E-state index in [-0.39, 0.29) is 5.56 Å². The third-order valence-electron chi connectivity index (χ3n) is 5.03. The van der Waals surface area contributed by atoms with Gasteiger partial charge in [-0.2, -0.15) is 4.98 Å². The van der Waals surface area contributed by atoms with Gasteiger partial charge in [-0.3, -0.25) is 4.79 Å². The topological polar surface area (TPSA) is 69.0 Å². The first-order valence-electron chi connectivity index (χ1n) is 9.82. The van der Waals surface area contributed by atoms with E-state index in [9.17, 15) is 4.79 Å². The summed E-state index contributed by atoms with van der Waals surface area (Å²) < 4.78 is 1.28. The fraction of sp³-hybridized carbons (Fsp3) is 0.174. The minimum absolute atomic E-state index is 0.291. The van der Waals surface area contributed by atoms with E-state index in [2.05, 4.69) is 15.3 Å². The van der Waals surface area contributed by atoms with Gasteiger partial charge in [0.2, 0.25) is 5.95 Å². The molecule has 0 saturated heterocycles. The lowest BCUT2D eigenvalue weighted by Gasteiger charge is -2.14. The van der Waals surface area contributed by atoms with Gasteiger partial charge in [0.25, 0.3) is 5.56 Å². The fourth-order valence-corrected chi connectivity index (χ4v) is 3.47. The molecule has 1 aliphatic rings. The number of para-hydroxylation sites is 1. The second kappa shape index (κ2) is 7.80. The zero-order chi connectivity index (χ0) is 20.5. The van der Waals surface area contributed by atoms with E-state index >= 15 is 0 Å². The third kappa shape index (κ3) is 3.74. The van der Waals surface area contributed by atoms with Crippen molar-refractivity contribution in [1.82, 2.24) is 14.7 Å². The van der Waals surface area contributed by atoms with E-state index in [0.29, 0.717) is 45.7 Å². The SMILES string of the molecule is O=c1c(-c2ccccc2Cl)cc2cnc(Nc3ccccc3)nc2n1OCC1CC1. The van der Waals surface area contributed by atoms with Crippen LogP contribution in [0.15, 0.2) is 71.7 Å². The molecule has 4 aromatic rings. The first kappa shape index (κ1) is 18.6. The molecule has 0 spiro atoms. The molecule has 0 radical (unpaired) electrons. The van der Waals surface area contributed by atoms with Gasteiger partial charge in [0.15, 0.2) is 5.65 Å². The van der Waals surface area contributed by atoms with Gasteiger partial charge < -0.3 is 10.2 Å². The van der Waals surface area contributed by atoms with Crippen LogP contribution in [0.2, 0.25) is 5.02 Å². The molecule has 1 fully saturated rings. The van der Waals surface area contributed by atoms with Gasteiger partial charge in [-0.25, -0.2) is 4.98 Å². The number of rotatable bonds is 6. The number of anilines is 2. The fourth-order valence-electron chi connectivity index (χ4n) is 3.24. The minimum atomic E-state index is -0.291. The number of hydrogen-bond donors (Lipinski definition) is 1. The lowest BCUT2D eigenvalue weighted by Crippen LogP contribution is -2.30. The molecule has 6 nitrogen and oxygen atoms in total. The largest absolute Gasteiger partial charge is 0.408 e. The predicted molar refractivity (Wildman–Crippen MR) is 118 cm³/mol. The molecule has 30 heavy (non-hydrogen) atoms. The van der Waals surface area contributed by atoms with E-state index in [4.69, 9.17) is 16.4 Å². The molecule has 0 atom stereocenters. The van der Waals surface area contributed by atoms with Gasteiger partial charge in [0.1, 0.15) is 6.61 Å². The Morgan fingerprint density at radius 3 is 2.60 bits per heavy atom. The molecule has 1 N–H and O–H groups in total. The lowest BCUT2D eigenvalue weighted by atomic mass is 10.1. The normalized spacial score (nSPS) is 13.4. The average molecular weight is 419 g/mol. The monoisotopic (exact) mass is 418 g/mol. The van der Waals surface area contributed by atoms with Crippen LogP contribution in [0.5, 0.6) is 0 Å². The second-order valence-corrected chi connectivity index (χ2v) is 7.75. The summed E-state index contributed by atoms with van der Waals surface area (Å²) in [6.07, 6.45) is 3.92. The summed E-state index contributed by atoms with van der Waals surface area (Å²) in [7, 11) is 0. The standard InChI is InChI=1S/C23H19ClN4O2/c24-20-9-5-4-8-18(20)19-12-16-13-25-23(26-17-6-2-1-3-7-17)27-21(16)28(22(19)29)30-14-15-10-11-15/h1-9,12-13,15H,10-11,14H2,(H,25,26,27). The Bertz CT molecular complexity index is 1270. The van der Waals surface area contributed by atoms with Crippen LogP contribution in [0, 0.1) is 5.92 Å². The summed E-state index contributed by atoms with van der Waals surface area (Å²) >= 11 is 6.36. The lowest BCUT2D eigenvalue weighted by molar-refractivity contribution is 0.102. The van der Waals surface area contributed by atoms with Crippen LogP contribution in [0.1, 0.15) is 12.8 Å². The van der Waals surface area contributed by atoms with Crippen molar-refractivity contribution in [2.24, 2.45) is 5.92 Å². The molecule has 0 bridgehead atoms. The molecule has 150 valence electrons. The van der Waals surface area contributed by atoms with Gasteiger partial charge in [-0.1, -0.05) is 48.0 Å². The summed E-state index contributed by atoms with van der Waals surface area (Å²) in [5, 5.41) is 4.36. The molecule has 2 aromatic heterocycles. The molecule has 2 heterocycles. The number of fused-ring (bicyclic) bond motifs is 1. The highest BCUT2D eigenvalue weighted by Crippen LogP contribution is 2.29. The summed E-state index contributed by atoms with van der Waals surface area (Å²) in [6.45, 7) is 0.479. The Morgan fingerprint density at radius 2 is 1.83 bits per heavy atom. The van der Waals surface area contributed by atoms with Crippen LogP contribution in [0.25, 0.3) is 22.2 Å². The van der Waals surface area contributed by atoms with Crippen molar-refractivity contribution < 1.29 is 4.84 Å². The summed E-state index contributed by atoms with van der Waals surface area (Å²) in [4.78, 5) is 28.2. The van der Waals surface area contributed by atoms with E-state index < -0.39 is 0 Å². The van der Waals surface area contributed by atoms with Crippen LogP contribution >= 0.6 is 11.6 Å². The van der Waals surface area contributed by atoms with Crippen LogP contribution in [0.3, 0.4) is 0 Å². The summed E-state index contributed by atoms with van der Waals surface area (Å²) in [5.41, 5.74) is 2.10. The number of benzene rings is 2. The highest BCUT2D eigenvalue weighted by Gasteiger charge is 2.24. The number of aromatic nitrogens is 3. The van der Waals surface area contributed by atoms with Crippen molar-refractivity contribution in [3.05, 3.63) is 82.2 Å². The molecular weight excluding hydrogens is 400 g/mol. The van der Waals surface area contributed by atoms with Crippen molar-refractivity contribution in [2.45, 2.75) is 12.8 Å². The molecule has 7 heteroatoms. The maximum absolute atomic E-state index is 13.3. The van der Waals surface area contributed by atoms with Crippen molar-refractivity contribution in [2.75, 3.05) is 11.9 Å². The Morgan fingerprint density at radius 1 is 1.07 bits per heavy atom. The Labute approximate surface area is 178 Å². The van der Waals surface area contributed by atoms with Gasteiger partial charge in [-0.15, -0.1) is 4.73 Å². The Hall–Kier alpha value is -3.38. The molecule has 1 aliphatic carbocycles. The molecular formula is C23H19ClN4O2. The van der Waals surface area contributed by atoms with Crippen molar-refractivity contribution >= 4 is 34.3 Å². The summed E-state index contributed by atoms with van der Waals surface area (Å²) in [5.74, 6) is 0.877. The maximum atomic E-state index is 13.3. The first-order chi connectivity index (χ1) is 14.7. The molecule has 5 rings (SSSR count). The van der Waals surface area contributed by atoms with Gasteiger partial charge >= 0.3 is 0 Å². The van der Waals surface area contributed by atoms with Crippen LogP contribution in [0.4, 0.5) is 11.6 Å². The molecule has 2 aromatic carbocycles. The Kier molecular flexibility index (Phi) is 4.85. The van der Waals surface area contributed by atoms with Crippen molar-refractivity contribution in [3.8, 4) is 11.1 Å². The zero-order valence-corrected chi connectivity index (χ0v) is 16.8. The molecule has 0 aliphatic heterocycles. The highest BCUT2D eigenvalue weighted by atomic mass is 35.5. The quantitative estimate of drug-likeness (QED) is 0.491. The third-order valence-corrected chi connectivity index (χ3v) is 5.36. The average Bonchev–Trinajstić information content (AvgIpc) is 3.59. The smallest absolute Gasteiger partial charge is 0.293 e. The summed E-state index contributed by atoms with van der Waals surface area (Å²) in [6, 6.07) is 18.7. The van der Waals surface area contributed by atoms with Crippen LogP contribution in [-0.4, -0.2) is 21.3 Å². The van der Waals surface area contributed by atoms with Gasteiger partial charge in [0, 0.05) is 27.9 Å². The van der Waals surface area contributed by atoms with Gasteiger partial charge in [-0.05, 0) is 43.0 Å². The van der Waals surface area contributed by atoms with Gasteiger partial charge in [0.05, 0.1) is 5.56 Å². The number of pyridine rings is 1. The van der Waals surface area contributed by atoms with Crippen LogP contribution < -0.4 is 15.7 Å². The molecule has 1 saturated carbocycles. The van der Waals surface area contributed by atoms with E-state index in [1.807, 2.05) is 48.5 Å². The van der Waals surface area contributed by atoms with E-state index in [1.165, 1.54) is 4.73 Å². The zero-order valence-electron chi connectivity index (χ0n) is 16.1. The number of nitrogens with one attached hydrogen (secondary N) is 1. The van der Waals surface area contributed by atoms with Crippen molar-refractivity contribution in [3.63, 3.8) is 0 Å². The predicted octanol–water partition coefficient (Wildman–Crippen LogP) is 4.69. The Balaban J connectivity index is 1.63. The highest BCUT2D eigenvalue weighted by molar-refractivity contribution is 6.33. The molecule has 0 unspecified atom stereocenters. The molecule has 0 amide bonds. The van der Waals surface area contributed by atoms with E-state index in [1.54, 1.807) is 18.3 Å².